The van der Waals surface area contributed by atoms with Crippen LogP contribution in [0.1, 0.15) is 40.1 Å². The van der Waals surface area contributed by atoms with Gasteiger partial charge in [0.25, 0.3) is 17.7 Å². The molecule has 1 atom stereocenters. The first-order valence-electron chi connectivity index (χ1n) is 8.52. The van der Waals surface area contributed by atoms with E-state index in [0.29, 0.717) is 5.56 Å². The summed E-state index contributed by atoms with van der Waals surface area (Å²) < 4.78 is 13.6. The molecule has 142 valence electrons. The zero-order valence-corrected chi connectivity index (χ0v) is 15.4. The van der Waals surface area contributed by atoms with Gasteiger partial charge in [-0.15, -0.1) is 0 Å². The van der Waals surface area contributed by atoms with Crippen molar-refractivity contribution in [3.63, 3.8) is 0 Å². The summed E-state index contributed by atoms with van der Waals surface area (Å²) in [6.07, 6.45) is 0. The van der Waals surface area contributed by atoms with Gasteiger partial charge in [0.2, 0.25) is 0 Å². The second-order valence-electron chi connectivity index (χ2n) is 6.43. The van der Waals surface area contributed by atoms with Crippen LogP contribution in [0.15, 0.2) is 48.5 Å². The van der Waals surface area contributed by atoms with Gasteiger partial charge in [-0.25, -0.2) is 4.39 Å². The van der Waals surface area contributed by atoms with Crippen LogP contribution < -0.4 is 16.2 Å². The maximum atomic E-state index is 13.6. The highest BCUT2D eigenvalue weighted by molar-refractivity contribution is 5.99. The van der Waals surface area contributed by atoms with Gasteiger partial charge in [-0.3, -0.25) is 25.2 Å². The number of carbonyl (C=O) groups is 3. The van der Waals surface area contributed by atoms with E-state index in [4.69, 9.17) is 0 Å². The van der Waals surface area contributed by atoms with E-state index in [1.54, 1.807) is 39.0 Å². The van der Waals surface area contributed by atoms with Crippen molar-refractivity contribution in [1.29, 1.82) is 0 Å². The number of amides is 3. The molecule has 0 heterocycles. The van der Waals surface area contributed by atoms with Gasteiger partial charge >= 0.3 is 0 Å². The van der Waals surface area contributed by atoms with E-state index in [2.05, 4.69) is 16.2 Å². The molecule has 0 aromatic heterocycles. The molecule has 3 N–H and O–H groups in total. The van der Waals surface area contributed by atoms with Gasteiger partial charge in [-0.1, -0.05) is 44.2 Å². The zero-order chi connectivity index (χ0) is 20.0. The molecule has 0 fully saturated rings. The fourth-order valence-electron chi connectivity index (χ4n) is 2.49. The Balaban J connectivity index is 2.03. The second-order valence-corrected chi connectivity index (χ2v) is 6.43. The summed E-state index contributed by atoms with van der Waals surface area (Å²) in [5.41, 5.74) is 5.47. The lowest BCUT2D eigenvalue weighted by atomic mass is 10.0. The molecule has 3 amide bonds. The summed E-state index contributed by atoms with van der Waals surface area (Å²) in [4.78, 5) is 36.9. The maximum absolute atomic E-state index is 13.6. The molecule has 1 unspecified atom stereocenters. The molecule has 0 aliphatic carbocycles. The van der Waals surface area contributed by atoms with Crippen LogP contribution in [0.4, 0.5) is 4.39 Å². The van der Waals surface area contributed by atoms with Crippen LogP contribution >= 0.6 is 0 Å². The first kappa shape index (κ1) is 20.1. The number of hydrogen-bond donors (Lipinski definition) is 3. The van der Waals surface area contributed by atoms with Crippen molar-refractivity contribution in [1.82, 2.24) is 16.2 Å². The van der Waals surface area contributed by atoms with Crippen LogP contribution in [0.25, 0.3) is 0 Å². The number of benzene rings is 2. The van der Waals surface area contributed by atoms with E-state index in [1.807, 2.05) is 6.07 Å². The molecular weight excluding hydrogens is 349 g/mol. The Bertz CT molecular complexity index is 852. The molecule has 7 heteroatoms. The highest BCUT2D eigenvalue weighted by Crippen LogP contribution is 2.09. The Kier molecular flexibility index (Phi) is 6.65. The van der Waals surface area contributed by atoms with Gasteiger partial charge in [-0.05, 0) is 36.6 Å². The Morgan fingerprint density at radius 2 is 1.44 bits per heavy atom. The van der Waals surface area contributed by atoms with Crippen LogP contribution in [-0.2, 0) is 4.79 Å². The molecule has 6 nitrogen and oxygen atoms in total. The molecule has 2 rings (SSSR count). The third-order valence-corrected chi connectivity index (χ3v) is 4.04. The van der Waals surface area contributed by atoms with Crippen LogP contribution in [-0.4, -0.2) is 23.8 Å². The normalized spacial score (nSPS) is 11.6. The van der Waals surface area contributed by atoms with Crippen molar-refractivity contribution in [2.75, 3.05) is 0 Å². The standard InChI is InChI=1S/C20H22FN3O3/c1-12(2)17(22-18(25)14-9-5-4-8-13(14)3)20(27)24-23-19(26)15-10-6-7-11-16(15)21/h4-12,17H,1-3H3,(H,22,25)(H,23,26)(H,24,27). The molecule has 0 saturated heterocycles. The second kappa shape index (κ2) is 8.93. The van der Waals surface area contributed by atoms with E-state index in [-0.39, 0.29) is 17.4 Å². The summed E-state index contributed by atoms with van der Waals surface area (Å²) in [6.45, 7) is 5.33. The third-order valence-electron chi connectivity index (χ3n) is 4.04. The van der Waals surface area contributed by atoms with E-state index >= 15 is 0 Å². The smallest absolute Gasteiger partial charge is 0.272 e. The number of hydrazine groups is 1. The van der Waals surface area contributed by atoms with E-state index in [0.717, 1.165) is 11.6 Å². The molecule has 0 saturated carbocycles. The lowest BCUT2D eigenvalue weighted by Crippen LogP contribution is -2.54. The van der Waals surface area contributed by atoms with Crippen molar-refractivity contribution >= 4 is 17.7 Å². The summed E-state index contributed by atoms with van der Waals surface area (Å²) in [7, 11) is 0. The number of aryl methyl sites for hydroxylation is 1. The Labute approximate surface area is 157 Å². The largest absolute Gasteiger partial charge is 0.340 e. The summed E-state index contributed by atoms with van der Waals surface area (Å²) in [5.74, 6) is -2.70. The third kappa shape index (κ3) is 5.13. The van der Waals surface area contributed by atoms with Gasteiger partial charge < -0.3 is 5.32 Å². The van der Waals surface area contributed by atoms with Gasteiger partial charge in [0.1, 0.15) is 11.9 Å². The van der Waals surface area contributed by atoms with Crippen molar-refractivity contribution in [3.8, 4) is 0 Å². The minimum Gasteiger partial charge on any atom is -0.340 e. The highest BCUT2D eigenvalue weighted by atomic mass is 19.1. The van der Waals surface area contributed by atoms with Crippen LogP contribution in [0.2, 0.25) is 0 Å². The fraction of sp³-hybridized carbons (Fsp3) is 0.250. The fourth-order valence-corrected chi connectivity index (χ4v) is 2.49. The average Bonchev–Trinajstić information content (AvgIpc) is 2.64. The molecular formula is C20H22FN3O3. The highest BCUT2D eigenvalue weighted by Gasteiger charge is 2.25. The van der Waals surface area contributed by atoms with Crippen molar-refractivity contribution in [2.24, 2.45) is 5.92 Å². The summed E-state index contributed by atoms with van der Waals surface area (Å²) >= 11 is 0. The van der Waals surface area contributed by atoms with Gasteiger partial charge in [0.05, 0.1) is 5.56 Å². The van der Waals surface area contributed by atoms with E-state index in [9.17, 15) is 18.8 Å². The minimum absolute atomic E-state index is 0.192. The Hall–Kier alpha value is -3.22. The van der Waals surface area contributed by atoms with Crippen molar-refractivity contribution < 1.29 is 18.8 Å². The Morgan fingerprint density at radius 1 is 0.852 bits per heavy atom. The van der Waals surface area contributed by atoms with Crippen molar-refractivity contribution in [2.45, 2.75) is 26.8 Å². The summed E-state index contributed by atoms with van der Waals surface area (Å²) in [5, 5.41) is 2.67. The number of rotatable bonds is 5. The van der Waals surface area contributed by atoms with Crippen LogP contribution in [0.5, 0.6) is 0 Å². The van der Waals surface area contributed by atoms with Crippen LogP contribution in [0.3, 0.4) is 0 Å². The lowest BCUT2D eigenvalue weighted by molar-refractivity contribution is -0.124. The predicted molar refractivity (Wildman–Crippen MR) is 99.3 cm³/mol. The Morgan fingerprint density at radius 3 is 2.04 bits per heavy atom. The topological polar surface area (TPSA) is 87.3 Å². The molecule has 2 aromatic carbocycles. The van der Waals surface area contributed by atoms with E-state index in [1.165, 1.54) is 18.2 Å². The van der Waals surface area contributed by atoms with Crippen LogP contribution in [0, 0.1) is 18.7 Å². The number of halogens is 1. The summed E-state index contributed by atoms with van der Waals surface area (Å²) in [6, 6.07) is 11.6. The van der Waals surface area contributed by atoms with Gasteiger partial charge in [0, 0.05) is 5.56 Å². The molecule has 0 spiro atoms. The van der Waals surface area contributed by atoms with Gasteiger partial charge in [-0.2, -0.15) is 0 Å². The predicted octanol–water partition coefficient (Wildman–Crippen LogP) is 2.35. The molecule has 0 bridgehead atoms. The monoisotopic (exact) mass is 371 g/mol. The zero-order valence-electron chi connectivity index (χ0n) is 15.4. The minimum atomic E-state index is -0.877. The van der Waals surface area contributed by atoms with Gasteiger partial charge in [0.15, 0.2) is 0 Å². The molecule has 2 aromatic rings. The molecule has 0 aliphatic heterocycles. The number of carbonyl (C=O) groups excluding carboxylic acids is 3. The maximum Gasteiger partial charge on any atom is 0.272 e. The first-order chi connectivity index (χ1) is 12.8. The average molecular weight is 371 g/mol. The quantitative estimate of drug-likeness (QED) is 0.705. The number of hydrogen-bond acceptors (Lipinski definition) is 3. The molecule has 27 heavy (non-hydrogen) atoms. The molecule has 0 aliphatic rings. The number of nitrogens with one attached hydrogen (secondary N) is 3. The SMILES string of the molecule is Cc1ccccc1C(=O)NC(C(=O)NNC(=O)c1ccccc1F)C(C)C. The van der Waals surface area contributed by atoms with Crippen molar-refractivity contribution in [3.05, 3.63) is 71.0 Å². The lowest BCUT2D eigenvalue weighted by Gasteiger charge is -2.22. The molecule has 0 radical (unpaired) electrons. The first-order valence-corrected chi connectivity index (χ1v) is 8.52. The van der Waals surface area contributed by atoms with E-state index < -0.39 is 23.7 Å².